The summed E-state index contributed by atoms with van der Waals surface area (Å²) in [6, 6.07) is 13.3. The molecule has 0 bridgehead atoms. The number of hydrogen-bond donors (Lipinski definition) is 2. The molecule has 0 spiro atoms. The molecular formula is C21H25FN2O2. The summed E-state index contributed by atoms with van der Waals surface area (Å²) in [6.07, 6.45) is 3.34. The maximum atomic E-state index is 13.3. The Morgan fingerprint density at radius 1 is 1.00 bits per heavy atom. The molecule has 2 N–H and O–H groups in total. The number of likely N-dealkylation sites (tertiary alicyclic amines) is 1. The van der Waals surface area contributed by atoms with Gasteiger partial charge in [0.25, 0.3) is 0 Å². The highest BCUT2D eigenvalue weighted by Crippen LogP contribution is 2.25. The smallest absolute Gasteiger partial charge is 0.242 e. The van der Waals surface area contributed by atoms with Gasteiger partial charge in [0.1, 0.15) is 11.9 Å². The summed E-state index contributed by atoms with van der Waals surface area (Å²) in [4.78, 5) is 15.1. The van der Waals surface area contributed by atoms with E-state index in [1.165, 1.54) is 18.6 Å². The van der Waals surface area contributed by atoms with Crippen LogP contribution >= 0.6 is 0 Å². The minimum atomic E-state index is -0.396. The van der Waals surface area contributed by atoms with Crippen molar-refractivity contribution >= 4 is 5.91 Å². The lowest BCUT2D eigenvalue weighted by molar-refractivity contribution is -0.127. The van der Waals surface area contributed by atoms with Crippen LogP contribution in [0, 0.1) is 5.82 Å². The topological polar surface area (TPSA) is 52.6 Å². The first-order valence-corrected chi connectivity index (χ1v) is 9.13. The molecule has 26 heavy (non-hydrogen) atoms. The molecule has 1 saturated heterocycles. The summed E-state index contributed by atoms with van der Waals surface area (Å²) in [6.45, 7) is 2.19. The Labute approximate surface area is 153 Å². The van der Waals surface area contributed by atoms with Crippen molar-refractivity contribution < 1.29 is 14.3 Å². The third kappa shape index (κ3) is 4.68. The predicted molar refractivity (Wildman–Crippen MR) is 98.8 cm³/mol. The number of rotatable bonds is 6. The quantitative estimate of drug-likeness (QED) is 0.836. The third-order valence-corrected chi connectivity index (χ3v) is 4.86. The first-order chi connectivity index (χ1) is 12.7. The molecule has 4 nitrogen and oxygen atoms in total. The van der Waals surface area contributed by atoms with Gasteiger partial charge in [-0.2, -0.15) is 0 Å². The van der Waals surface area contributed by atoms with Gasteiger partial charge in [-0.05, 0) is 54.8 Å². The average Bonchev–Trinajstić information content (AvgIpc) is 2.69. The Morgan fingerprint density at radius 3 is 2.23 bits per heavy atom. The van der Waals surface area contributed by atoms with Crippen molar-refractivity contribution in [3.8, 4) is 0 Å². The summed E-state index contributed by atoms with van der Waals surface area (Å²) >= 11 is 0. The zero-order chi connectivity index (χ0) is 18.4. The number of hydrogen-bond acceptors (Lipinski definition) is 3. The van der Waals surface area contributed by atoms with Crippen LogP contribution < -0.4 is 5.32 Å². The number of carbonyl (C=O) groups excluding carboxylic acids is 1. The second-order valence-electron chi connectivity index (χ2n) is 6.74. The zero-order valence-electron chi connectivity index (χ0n) is 14.8. The van der Waals surface area contributed by atoms with Gasteiger partial charge in [0.2, 0.25) is 5.91 Å². The first-order valence-electron chi connectivity index (χ1n) is 9.13. The Hall–Kier alpha value is -2.24. The number of carbonyl (C=O) groups is 1. The Bertz CT molecular complexity index is 710. The average molecular weight is 356 g/mol. The van der Waals surface area contributed by atoms with E-state index in [9.17, 15) is 9.18 Å². The largest absolute Gasteiger partial charge is 0.392 e. The van der Waals surface area contributed by atoms with Gasteiger partial charge in [-0.25, -0.2) is 4.39 Å². The number of piperidine rings is 1. The number of halogens is 1. The summed E-state index contributed by atoms with van der Waals surface area (Å²) in [5.74, 6) is -0.361. The van der Waals surface area contributed by atoms with Crippen LogP contribution in [-0.2, 0) is 17.9 Å². The van der Waals surface area contributed by atoms with E-state index < -0.39 is 6.04 Å². The summed E-state index contributed by atoms with van der Waals surface area (Å²) in [5, 5.41) is 12.1. The third-order valence-electron chi connectivity index (χ3n) is 4.86. The van der Waals surface area contributed by atoms with E-state index in [1.807, 2.05) is 24.3 Å². The van der Waals surface area contributed by atoms with E-state index in [0.717, 1.165) is 42.6 Å². The number of aliphatic hydroxyl groups excluding tert-OH is 1. The first kappa shape index (κ1) is 18.5. The molecule has 0 saturated carbocycles. The van der Waals surface area contributed by atoms with Gasteiger partial charge in [0, 0.05) is 6.54 Å². The Kier molecular flexibility index (Phi) is 6.36. The van der Waals surface area contributed by atoms with Crippen molar-refractivity contribution in [3.63, 3.8) is 0 Å². The molecule has 1 unspecified atom stereocenters. The van der Waals surface area contributed by atoms with Gasteiger partial charge in [-0.3, -0.25) is 9.69 Å². The van der Waals surface area contributed by atoms with Crippen molar-refractivity contribution in [2.45, 2.75) is 38.5 Å². The molecule has 1 heterocycles. The van der Waals surface area contributed by atoms with Gasteiger partial charge in [-0.1, -0.05) is 42.8 Å². The molecule has 0 radical (unpaired) electrons. The molecule has 1 aliphatic rings. The molecule has 1 fully saturated rings. The molecular weight excluding hydrogens is 331 g/mol. The highest BCUT2D eigenvalue weighted by molar-refractivity contribution is 5.83. The van der Waals surface area contributed by atoms with Crippen LogP contribution in [0.3, 0.4) is 0 Å². The lowest BCUT2D eigenvalue weighted by Gasteiger charge is -2.34. The summed E-state index contributed by atoms with van der Waals surface area (Å²) in [5.41, 5.74) is 2.64. The van der Waals surface area contributed by atoms with Crippen LogP contribution in [0.1, 0.15) is 42.0 Å². The fourth-order valence-electron chi connectivity index (χ4n) is 3.40. The molecule has 138 valence electrons. The van der Waals surface area contributed by atoms with Crippen LogP contribution in [0.15, 0.2) is 48.5 Å². The minimum Gasteiger partial charge on any atom is -0.392 e. The second-order valence-corrected chi connectivity index (χ2v) is 6.74. The molecule has 2 aromatic carbocycles. The van der Waals surface area contributed by atoms with Crippen molar-refractivity contribution in [2.24, 2.45) is 0 Å². The second kappa shape index (κ2) is 8.92. The number of aliphatic hydroxyl groups is 1. The van der Waals surface area contributed by atoms with E-state index >= 15 is 0 Å². The molecule has 5 heteroatoms. The van der Waals surface area contributed by atoms with Crippen molar-refractivity contribution in [1.82, 2.24) is 10.2 Å². The number of nitrogens with one attached hydrogen (secondary N) is 1. The fraction of sp³-hybridized carbons (Fsp3) is 0.381. The molecule has 0 aromatic heterocycles. The highest BCUT2D eigenvalue weighted by Gasteiger charge is 2.28. The van der Waals surface area contributed by atoms with E-state index in [4.69, 9.17) is 5.11 Å². The molecule has 3 rings (SSSR count). The van der Waals surface area contributed by atoms with Gasteiger partial charge in [-0.15, -0.1) is 0 Å². The van der Waals surface area contributed by atoms with E-state index in [2.05, 4.69) is 10.2 Å². The molecule has 1 atom stereocenters. The number of nitrogens with zero attached hydrogens (tertiary/aromatic N) is 1. The molecule has 1 amide bonds. The van der Waals surface area contributed by atoms with Crippen LogP contribution in [0.25, 0.3) is 0 Å². The van der Waals surface area contributed by atoms with Crippen LogP contribution in [0.5, 0.6) is 0 Å². The van der Waals surface area contributed by atoms with Crippen molar-refractivity contribution in [2.75, 3.05) is 13.1 Å². The SMILES string of the molecule is O=C(NCc1ccc(CO)cc1)C(c1ccc(F)cc1)N1CCCCC1. The van der Waals surface area contributed by atoms with E-state index in [0.29, 0.717) is 6.54 Å². The van der Waals surface area contributed by atoms with Crippen molar-refractivity contribution in [3.05, 3.63) is 71.0 Å². The number of benzene rings is 2. The van der Waals surface area contributed by atoms with Gasteiger partial charge in [0.15, 0.2) is 0 Å². The van der Waals surface area contributed by atoms with E-state index in [1.54, 1.807) is 12.1 Å². The van der Waals surface area contributed by atoms with Gasteiger partial charge < -0.3 is 10.4 Å². The van der Waals surface area contributed by atoms with Crippen molar-refractivity contribution in [1.29, 1.82) is 0 Å². The van der Waals surface area contributed by atoms with E-state index in [-0.39, 0.29) is 18.3 Å². The zero-order valence-corrected chi connectivity index (χ0v) is 14.8. The highest BCUT2D eigenvalue weighted by atomic mass is 19.1. The summed E-state index contributed by atoms with van der Waals surface area (Å²) in [7, 11) is 0. The van der Waals surface area contributed by atoms with Crippen LogP contribution in [-0.4, -0.2) is 29.0 Å². The summed E-state index contributed by atoms with van der Waals surface area (Å²) < 4.78 is 13.3. The predicted octanol–water partition coefficient (Wildman–Crippen LogP) is 3.16. The lowest BCUT2D eigenvalue weighted by atomic mass is 10.0. The standard InChI is InChI=1S/C21H25FN2O2/c22-19-10-8-18(9-11-19)20(24-12-2-1-3-13-24)21(26)23-14-16-4-6-17(15-25)7-5-16/h4-11,20,25H,1-3,12-15H2,(H,23,26). The fourth-order valence-corrected chi connectivity index (χ4v) is 3.40. The lowest BCUT2D eigenvalue weighted by Crippen LogP contribution is -2.42. The molecule has 0 aliphatic carbocycles. The Balaban J connectivity index is 1.72. The monoisotopic (exact) mass is 356 g/mol. The number of amides is 1. The molecule has 1 aliphatic heterocycles. The maximum absolute atomic E-state index is 13.3. The van der Waals surface area contributed by atoms with Crippen LogP contribution in [0.4, 0.5) is 4.39 Å². The van der Waals surface area contributed by atoms with Crippen LogP contribution in [0.2, 0.25) is 0 Å². The normalized spacial score (nSPS) is 16.2. The maximum Gasteiger partial charge on any atom is 0.242 e. The molecule has 2 aromatic rings. The van der Waals surface area contributed by atoms with Gasteiger partial charge >= 0.3 is 0 Å². The minimum absolute atomic E-state index is 0.00817. The Morgan fingerprint density at radius 2 is 1.62 bits per heavy atom. The van der Waals surface area contributed by atoms with Gasteiger partial charge in [0.05, 0.1) is 6.61 Å².